The number of aromatic nitrogens is 4. The lowest BCUT2D eigenvalue weighted by atomic mass is 10.2. The molecule has 0 spiro atoms. The average molecular weight is 497 g/mol. The summed E-state index contributed by atoms with van der Waals surface area (Å²) in [7, 11) is 1.55. The van der Waals surface area contributed by atoms with Crippen molar-refractivity contribution >= 4 is 28.9 Å². The van der Waals surface area contributed by atoms with Gasteiger partial charge in [-0.05, 0) is 44.2 Å². The number of halogens is 1. The first-order chi connectivity index (χ1) is 16.7. The molecule has 0 aliphatic carbocycles. The number of methoxy groups -OCH3 is 1. The molecule has 0 aliphatic rings. The number of nitro benzene ring substituents is 1. The van der Waals surface area contributed by atoms with Crippen LogP contribution in [0.3, 0.4) is 0 Å². The number of nitrogens with one attached hydrogen (secondary N) is 1. The van der Waals surface area contributed by atoms with E-state index < -0.39 is 10.8 Å². The molecule has 2 aromatic heterocycles. The fraction of sp³-hybridized carbons (Fsp3) is 0.174. The third kappa shape index (κ3) is 5.41. The Morgan fingerprint density at radius 2 is 1.80 bits per heavy atom. The van der Waals surface area contributed by atoms with E-state index >= 15 is 0 Å². The van der Waals surface area contributed by atoms with E-state index in [9.17, 15) is 14.9 Å². The van der Waals surface area contributed by atoms with Gasteiger partial charge < -0.3 is 14.8 Å². The summed E-state index contributed by atoms with van der Waals surface area (Å²) < 4.78 is 14.1. The smallest absolute Gasteiger partial charge is 0.276 e. The lowest BCUT2D eigenvalue weighted by Gasteiger charge is -2.09. The Morgan fingerprint density at radius 1 is 1.09 bits per heavy atom. The van der Waals surface area contributed by atoms with Crippen LogP contribution in [0.4, 0.5) is 11.4 Å². The van der Waals surface area contributed by atoms with E-state index in [2.05, 4.69) is 15.5 Å². The first-order valence-electron chi connectivity index (χ1n) is 10.4. The zero-order valence-electron chi connectivity index (χ0n) is 19.1. The van der Waals surface area contributed by atoms with Gasteiger partial charge in [0, 0.05) is 18.3 Å². The minimum atomic E-state index is -0.565. The normalized spacial score (nSPS) is 10.7. The molecule has 11 nitrogen and oxygen atoms in total. The van der Waals surface area contributed by atoms with Crippen LogP contribution in [0.2, 0.25) is 5.02 Å². The number of benzene rings is 2. The van der Waals surface area contributed by atoms with Crippen molar-refractivity contribution in [2.45, 2.75) is 20.5 Å². The van der Waals surface area contributed by atoms with Crippen LogP contribution in [0.25, 0.3) is 0 Å². The standard InChI is InChI=1S/C23H21ClN6O5/c1-14-22(24)15(2)29(26-14)13-28-9-8-21(27-28)23(31)25-16-10-17(30(32)33)12-20(11-16)35-19-6-4-18(34-3)5-7-19/h4-12H,13H2,1-3H3,(H,25,31). The molecule has 0 atom stereocenters. The Hall–Kier alpha value is -4.38. The van der Waals surface area contributed by atoms with Crippen LogP contribution in [-0.4, -0.2) is 37.5 Å². The molecule has 35 heavy (non-hydrogen) atoms. The minimum absolute atomic E-state index is 0.127. The third-order valence-corrected chi connectivity index (χ3v) is 5.65. The molecular weight excluding hydrogens is 476 g/mol. The van der Waals surface area contributed by atoms with Crippen LogP contribution >= 0.6 is 11.6 Å². The van der Waals surface area contributed by atoms with Gasteiger partial charge in [0.15, 0.2) is 5.69 Å². The van der Waals surface area contributed by atoms with Gasteiger partial charge in [-0.15, -0.1) is 0 Å². The van der Waals surface area contributed by atoms with Gasteiger partial charge in [0.05, 0.1) is 40.2 Å². The quantitative estimate of drug-likeness (QED) is 0.274. The highest BCUT2D eigenvalue weighted by Gasteiger charge is 2.16. The second-order valence-corrected chi connectivity index (χ2v) is 7.95. The maximum atomic E-state index is 12.8. The summed E-state index contributed by atoms with van der Waals surface area (Å²) in [6, 6.07) is 12.3. The summed E-state index contributed by atoms with van der Waals surface area (Å²) >= 11 is 6.18. The van der Waals surface area contributed by atoms with Crippen molar-refractivity contribution in [2.24, 2.45) is 0 Å². The highest BCUT2D eigenvalue weighted by molar-refractivity contribution is 6.31. The molecular formula is C23H21ClN6O5. The first-order valence-corrected chi connectivity index (χ1v) is 10.8. The molecule has 0 unspecified atom stereocenters. The van der Waals surface area contributed by atoms with Gasteiger partial charge in [-0.25, -0.2) is 4.68 Å². The molecule has 4 aromatic rings. The van der Waals surface area contributed by atoms with E-state index in [-0.39, 0.29) is 29.5 Å². The summed E-state index contributed by atoms with van der Waals surface area (Å²) in [5.74, 6) is 0.744. The number of hydrogen-bond donors (Lipinski definition) is 1. The van der Waals surface area contributed by atoms with Crippen LogP contribution in [-0.2, 0) is 6.67 Å². The molecule has 12 heteroatoms. The molecule has 0 aliphatic heterocycles. The number of anilines is 1. The van der Waals surface area contributed by atoms with Crippen molar-refractivity contribution in [3.8, 4) is 17.2 Å². The number of hydrogen-bond acceptors (Lipinski definition) is 7. The number of carbonyl (C=O) groups is 1. The zero-order chi connectivity index (χ0) is 25.1. The molecule has 0 bridgehead atoms. The second-order valence-electron chi connectivity index (χ2n) is 7.57. The van der Waals surface area contributed by atoms with E-state index in [1.807, 2.05) is 6.92 Å². The summed E-state index contributed by atoms with van der Waals surface area (Å²) in [5, 5.41) is 23.2. The van der Waals surface area contributed by atoms with Gasteiger partial charge in [0.1, 0.15) is 23.9 Å². The molecule has 0 saturated carbocycles. The molecule has 1 N–H and O–H groups in total. The highest BCUT2D eigenvalue weighted by Crippen LogP contribution is 2.30. The third-order valence-electron chi connectivity index (χ3n) is 5.10. The minimum Gasteiger partial charge on any atom is -0.497 e. The summed E-state index contributed by atoms with van der Waals surface area (Å²) in [6.45, 7) is 3.91. The molecule has 1 amide bonds. The lowest BCUT2D eigenvalue weighted by molar-refractivity contribution is -0.384. The number of carbonyl (C=O) groups excluding carboxylic acids is 1. The Kier molecular flexibility index (Phi) is 6.69. The first kappa shape index (κ1) is 23.8. The van der Waals surface area contributed by atoms with Crippen LogP contribution in [0.5, 0.6) is 17.2 Å². The van der Waals surface area contributed by atoms with Gasteiger partial charge in [-0.2, -0.15) is 10.2 Å². The van der Waals surface area contributed by atoms with E-state index in [0.717, 1.165) is 5.69 Å². The number of rotatable bonds is 8. The van der Waals surface area contributed by atoms with E-state index in [1.165, 1.54) is 28.9 Å². The average Bonchev–Trinajstić information content (AvgIpc) is 3.40. The summed E-state index contributed by atoms with van der Waals surface area (Å²) in [4.78, 5) is 23.6. The number of ether oxygens (including phenoxy) is 2. The van der Waals surface area contributed by atoms with Crippen LogP contribution in [0, 0.1) is 24.0 Å². The zero-order valence-corrected chi connectivity index (χ0v) is 19.8. The SMILES string of the molecule is COc1ccc(Oc2cc(NC(=O)c3ccn(Cn4nc(C)c(Cl)c4C)n3)cc([N+](=O)[O-])c2)cc1. The lowest BCUT2D eigenvalue weighted by Crippen LogP contribution is -2.15. The molecule has 0 saturated heterocycles. The maximum absolute atomic E-state index is 12.8. The summed E-state index contributed by atoms with van der Waals surface area (Å²) in [5.41, 5.74) is 1.56. The van der Waals surface area contributed by atoms with Crippen LogP contribution in [0.1, 0.15) is 21.9 Å². The van der Waals surface area contributed by atoms with Crippen molar-refractivity contribution in [2.75, 3.05) is 12.4 Å². The number of amides is 1. The number of nitro groups is 1. The number of non-ortho nitro benzene ring substituents is 1. The van der Waals surface area contributed by atoms with Crippen molar-refractivity contribution < 1.29 is 19.2 Å². The molecule has 0 fully saturated rings. The van der Waals surface area contributed by atoms with Crippen molar-refractivity contribution in [3.05, 3.63) is 86.9 Å². The molecule has 2 aromatic carbocycles. The molecule has 2 heterocycles. The summed E-state index contributed by atoms with van der Waals surface area (Å²) in [6.07, 6.45) is 1.63. The largest absolute Gasteiger partial charge is 0.497 e. The molecule has 0 radical (unpaired) electrons. The van der Waals surface area contributed by atoms with Crippen molar-refractivity contribution in [1.82, 2.24) is 19.6 Å². The Bertz CT molecular complexity index is 1400. The topological polar surface area (TPSA) is 126 Å². The Labute approximate surface area is 205 Å². The molecule has 4 rings (SSSR count). The van der Waals surface area contributed by atoms with Crippen LogP contribution in [0.15, 0.2) is 54.7 Å². The second kappa shape index (κ2) is 9.85. The molecule has 180 valence electrons. The Morgan fingerprint density at radius 3 is 2.43 bits per heavy atom. The van der Waals surface area contributed by atoms with E-state index in [4.69, 9.17) is 21.1 Å². The van der Waals surface area contributed by atoms with E-state index in [0.29, 0.717) is 22.2 Å². The van der Waals surface area contributed by atoms with Gasteiger partial charge in [-0.3, -0.25) is 19.6 Å². The monoisotopic (exact) mass is 496 g/mol. The predicted octanol–water partition coefficient (Wildman–Crippen LogP) is 4.82. The van der Waals surface area contributed by atoms with Crippen molar-refractivity contribution in [1.29, 1.82) is 0 Å². The highest BCUT2D eigenvalue weighted by atomic mass is 35.5. The number of aryl methyl sites for hydroxylation is 1. The number of nitrogens with zero attached hydrogens (tertiary/aromatic N) is 5. The van der Waals surface area contributed by atoms with Gasteiger partial charge in [0.25, 0.3) is 11.6 Å². The maximum Gasteiger partial charge on any atom is 0.276 e. The fourth-order valence-corrected chi connectivity index (χ4v) is 3.44. The van der Waals surface area contributed by atoms with Gasteiger partial charge >= 0.3 is 0 Å². The van der Waals surface area contributed by atoms with Gasteiger partial charge in [0.2, 0.25) is 0 Å². The Balaban J connectivity index is 1.51. The predicted molar refractivity (Wildman–Crippen MR) is 128 cm³/mol. The van der Waals surface area contributed by atoms with E-state index in [1.54, 1.807) is 49.2 Å². The van der Waals surface area contributed by atoms with Crippen molar-refractivity contribution in [3.63, 3.8) is 0 Å². The van der Waals surface area contributed by atoms with Gasteiger partial charge in [-0.1, -0.05) is 11.6 Å². The fourth-order valence-electron chi connectivity index (χ4n) is 3.31. The van der Waals surface area contributed by atoms with Crippen LogP contribution < -0.4 is 14.8 Å².